The van der Waals surface area contributed by atoms with Gasteiger partial charge in [-0.3, -0.25) is 9.69 Å². The lowest BCUT2D eigenvalue weighted by molar-refractivity contribution is -0.111. The Labute approximate surface area is 201 Å². The highest BCUT2D eigenvalue weighted by Crippen LogP contribution is 2.30. The van der Waals surface area contributed by atoms with Crippen LogP contribution in [0.15, 0.2) is 48.8 Å². The first kappa shape index (κ1) is 25.5. The number of rotatable bonds is 7. The Morgan fingerprint density at radius 1 is 1.18 bits per heavy atom. The molecule has 0 bridgehead atoms. The maximum absolute atomic E-state index is 13.5. The second kappa shape index (κ2) is 11.8. The van der Waals surface area contributed by atoms with Gasteiger partial charge in [-0.05, 0) is 56.3 Å². The van der Waals surface area contributed by atoms with Crippen molar-refractivity contribution in [2.24, 2.45) is 0 Å². The number of aliphatic hydroxyl groups excluding tert-OH is 1. The fourth-order valence-electron chi connectivity index (χ4n) is 3.83. The Morgan fingerprint density at radius 2 is 1.97 bits per heavy atom. The van der Waals surface area contributed by atoms with Crippen LogP contribution in [0, 0.1) is 5.82 Å². The summed E-state index contributed by atoms with van der Waals surface area (Å²) in [7, 11) is 0. The van der Waals surface area contributed by atoms with Crippen LogP contribution in [-0.4, -0.2) is 51.0 Å². The van der Waals surface area contributed by atoms with Gasteiger partial charge in [0.2, 0.25) is 5.91 Å². The monoisotopic (exact) mass is 487 g/mol. The van der Waals surface area contributed by atoms with E-state index in [0.29, 0.717) is 33.7 Å². The zero-order valence-corrected chi connectivity index (χ0v) is 19.3. The van der Waals surface area contributed by atoms with Crippen molar-refractivity contribution >= 4 is 45.6 Å². The first-order chi connectivity index (χ1) is 16.0. The normalized spacial score (nSPS) is 14.2. The third-order valence-corrected chi connectivity index (χ3v) is 5.84. The van der Waals surface area contributed by atoms with E-state index in [0.717, 1.165) is 19.6 Å². The number of fused-ring (bicyclic) bond motifs is 1. The van der Waals surface area contributed by atoms with Crippen LogP contribution in [-0.2, 0) is 11.4 Å². The molecule has 180 valence electrons. The van der Waals surface area contributed by atoms with Gasteiger partial charge in [-0.1, -0.05) is 24.1 Å². The van der Waals surface area contributed by atoms with Crippen LogP contribution in [0.2, 0.25) is 5.02 Å². The molecule has 0 atom stereocenters. The molecule has 5 N–H and O–H groups in total. The molecule has 1 amide bonds. The van der Waals surface area contributed by atoms with Crippen molar-refractivity contribution < 1.29 is 19.8 Å². The number of piperidine rings is 1. The summed E-state index contributed by atoms with van der Waals surface area (Å²) in [5.74, 6) is -0.332. The number of anilines is 3. The smallest absolute Gasteiger partial charge is 0.248 e. The number of amides is 1. The van der Waals surface area contributed by atoms with Gasteiger partial charge in [0.05, 0.1) is 17.1 Å². The van der Waals surface area contributed by atoms with E-state index in [4.69, 9.17) is 11.6 Å². The van der Waals surface area contributed by atoms with E-state index in [1.54, 1.807) is 18.2 Å². The molecule has 0 unspecified atom stereocenters. The molecule has 0 radical (unpaired) electrons. The van der Waals surface area contributed by atoms with Gasteiger partial charge in [0, 0.05) is 34.9 Å². The Kier molecular flexibility index (Phi) is 8.89. The maximum atomic E-state index is 13.5. The largest absolute Gasteiger partial charge is 0.412 e. The zero-order chi connectivity index (χ0) is 23.2. The number of nitrogens with one attached hydrogen (secondary N) is 2. The molecule has 10 heteroatoms. The van der Waals surface area contributed by atoms with Crippen LogP contribution >= 0.6 is 11.6 Å². The van der Waals surface area contributed by atoms with Crippen molar-refractivity contribution in [2.75, 3.05) is 30.3 Å². The Morgan fingerprint density at radius 3 is 2.71 bits per heavy atom. The average Bonchev–Trinajstić information content (AvgIpc) is 2.82. The number of benzene rings is 2. The number of likely N-dealkylation sites (tertiary alicyclic amines) is 1. The minimum absolute atomic E-state index is 0. The van der Waals surface area contributed by atoms with E-state index < -0.39 is 5.82 Å². The molecule has 0 spiro atoms. The van der Waals surface area contributed by atoms with Gasteiger partial charge in [-0.15, -0.1) is 0 Å². The predicted octanol–water partition coefficient (Wildman–Crippen LogP) is 3.81. The molecule has 1 aliphatic rings. The summed E-state index contributed by atoms with van der Waals surface area (Å²) in [6, 6.07) is 7.69. The number of hydrogen-bond acceptors (Lipinski definition) is 6. The highest BCUT2D eigenvalue weighted by molar-refractivity contribution is 6.31. The van der Waals surface area contributed by atoms with E-state index >= 15 is 0 Å². The summed E-state index contributed by atoms with van der Waals surface area (Å²) in [4.78, 5) is 23.4. The standard InChI is InChI=1S/C24H25ClFN5O2.H2O/c25-19-12-17(6-7-20(19)26)29-24-18-13-21(16(14-32)11-22(18)27-15-28-24)30-23(33)5-4-10-31-8-2-1-3-9-31;/h4-7,11-13,15,32H,1-3,8-10,14H2,(H,30,33)(H,27,28,29);1H2/b5-4+;. The van der Waals surface area contributed by atoms with Crippen molar-refractivity contribution in [3.8, 4) is 0 Å². The summed E-state index contributed by atoms with van der Waals surface area (Å²) >= 11 is 5.88. The van der Waals surface area contributed by atoms with Gasteiger partial charge >= 0.3 is 0 Å². The Hall–Kier alpha value is -3.11. The molecule has 4 rings (SSSR count). The van der Waals surface area contributed by atoms with E-state index in [-0.39, 0.29) is 23.0 Å². The van der Waals surface area contributed by atoms with Gasteiger partial charge in [0.1, 0.15) is 18.0 Å². The predicted molar refractivity (Wildman–Crippen MR) is 132 cm³/mol. The molecule has 0 aliphatic carbocycles. The number of aromatic nitrogens is 2. The molecule has 2 aromatic carbocycles. The number of carbonyl (C=O) groups excluding carboxylic acids is 1. The van der Waals surface area contributed by atoms with Gasteiger partial charge < -0.3 is 21.2 Å². The first-order valence-corrected chi connectivity index (χ1v) is 11.2. The summed E-state index contributed by atoms with van der Waals surface area (Å²) < 4.78 is 13.5. The van der Waals surface area contributed by atoms with Crippen LogP contribution < -0.4 is 10.6 Å². The number of nitrogens with zero attached hydrogens (tertiary/aromatic N) is 3. The van der Waals surface area contributed by atoms with E-state index in [1.165, 1.54) is 43.8 Å². The lowest BCUT2D eigenvalue weighted by atomic mass is 10.1. The fourth-order valence-corrected chi connectivity index (χ4v) is 4.01. The molecular formula is C24H27ClFN5O3. The Bertz CT molecular complexity index is 1180. The summed E-state index contributed by atoms with van der Waals surface area (Å²) in [5, 5.41) is 16.4. The molecule has 8 nitrogen and oxygen atoms in total. The third kappa shape index (κ3) is 6.27. The zero-order valence-electron chi connectivity index (χ0n) is 18.5. The van der Waals surface area contributed by atoms with Crippen molar-refractivity contribution in [3.05, 3.63) is 65.2 Å². The molecule has 34 heavy (non-hydrogen) atoms. The second-order valence-electron chi connectivity index (χ2n) is 7.91. The van der Waals surface area contributed by atoms with E-state index in [2.05, 4.69) is 25.5 Å². The summed E-state index contributed by atoms with van der Waals surface area (Å²) in [5.41, 5.74) is 2.14. The average molecular weight is 488 g/mol. The fraction of sp³-hybridized carbons (Fsp3) is 0.292. The van der Waals surface area contributed by atoms with Crippen LogP contribution in [0.4, 0.5) is 21.6 Å². The molecule has 2 heterocycles. The number of aliphatic hydroxyl groups is 1. The van der Waals surface area contributed by atoms with Gasteiger partial charge in [0.15, 0.2) is 0 Å². The van der Waals surface area contributed by atoms with Crippen LogP contribution in [0.5, 0.6) is 0 Å². The lowest BCUT2D eigenvalue weighted by Gasteiger charge is -2.24. The van der Waals surface area contributed by atoms with Crippen molar-refractivity contribution in [2.45, 2.75) is 25.9 Å². The molecule has 1 aliphatic heterocycles. The summed E-state index contributed by atoms with van der Waals surface area (Å²) in [6.45, 7) is 2.59. The van der Waals surface area contributed by atoms with Gasteiger partial charge in [-0.2, -0.15) is 0 Å². The van der Waals surface area contributed by atoms with Crippen molar-refractivity contribution in [3.63, 3.8) is 0 Å². The minimum Gasteiger partial charge on any atom is -0.412 e. The molecule has 1 aromatic heterocycles. The number of hydrogen-bond donors (Lipinski definition) is 3. The van der Waals surface area contributed by atoms with Gasteiger partial charge in [0.25, 0.3) is 0 Å². The topological polar surface area (TPSA) is 122 Å². The third-order valence-electron chi connectivity index (χ3n) is 5.55. The van der Waals surface area contributed by atoms with Crippen LogP contribution in [0.25, 0.3) is 10.9 Å². The Balaban J connectivity index is 0.00000324. The molecule has 3 aromatic rings. The molecule has 1 fully saturated rings. The minimum atomic E-state index is -0.513. The molecule has 1 saturated heterocycles. The highest BCUT2D eigenvalue weighted by atomic mass is 35.5. The maximum Gasteiger partial charge on any atom is 0.248 e. The summed E-state index contributed by atoms with van der Waals surface area (Å²) in [6.07, 6.45) is 8.41. The quantitative estimate of drug-likeness (QED) is 0.435. The molecular weight excluding hydrogens is 461 g/mol. The van der Waals surface area contributed by atoms with E-state index in [9.17, 15) is 14.3 Å². The number of carbonyl (C=O) groups is 1. The second-order valence-corrected chi connectivity index (χ2v) is 8.32. The van der Waals surface area contributed by atoms with Crippen molar-refractivity contribution in [1.82, 2.24) is 14.9 Å². The van der Waals surface area contributed by atoms with Crippen LogP contribution in [0.3, 0.4) is 0 Å². The van der Waals surface area contributed by atoms with E-state index in [1.807, 2.05) is 6.08 Å². The van der Waals surface area contributed by atoms with Crippen molar-refractivity contribution in [1.29, 1.82) is 0 Å². The van der Waals surface area contributed by atoms with Gasteiger partial charge in [-0.25, -0.2) is 14.4 Å². The number of halogens is 2. The highest BCUT2D eigenvalue weighted by Gasteiger charge is 2.13. The molecule has 0 saturated carbocycles. The lowest BCUT2D eigenvalue weighted by Crippen LogP contribution is -2.29. The first-order valence-electron chi connectivity index (χ1n) is 10.8. The SMILES string of the molecule is O.O=C(/C=C/CN1CCCCC1)Nc1cc2c(Nc3ccc(F)c(Cl)c3)ncnc2cc1CO. The van der Waals surface area contributed by atoms with Crippen LogP contribution in [0.1, 0.15) is 24.8 Å².